The SMILES string of the molecule is Cn1nc(NS(C)(=O)=O)c2c(Cl)ccc(-n3c(C(Cc4cc(F)cc(F)c4)NC(=O)Cn4nc(C(F)F)c5c4C(F)(F)[C@@H]4C[C@H]54)nc4cc(C5CC5)ccc4c3=O)c21.Cn1nc(NS(C)(=O)=O)c2c(Cl)ccc(-n3c([C@H](Cc4cc(F)cc(F)c4)NC(=O)Cn4nc(C(F)F)c5c4C(F)(F)[C@@H]4C[C@H]54)nc4cc(C5CC5)ccc4c3=O)c21. The second-order valence-corrected chi connectivity index (χ2v) is 34.5. The monoisotopic (exact) mass is 1690 g/mol. The van der Waals surface area contributed by atoms with Gasteiger partial charge in [0.05, 0.1) is 89.6 Å². The van der Waals surface area contributed by atoms with Crippen molar-refractivity contribution in [3.8, 4) is 11.4 Å². The van der Waals surface area contributed by atoms with E-state index >= 15 is 17.6 Å². The minimum Gasteiger partial charge on any atom is -0.344 e. The van der Waals surface area contributed by atoms with Gasteiger partial charge in [0.15, 0.2) is 11.6 Å². The Bertz CT molecular complexity index is 6170. The molecule has 4 N–H and O–H groups in total. The number of carbonyl (C=O) groups is 2. The fourth-order valence-electron chi connectivity index (χ4n) is 16.5. The van der Waals surface area contributed by atoms with E-state index in [1.54, 1.807) is 36.4 Å². The Hall–Kier alpha value is -10.9. The van der Waals surface area contributed by atoms with Gasteiger partial charge >= 0.3 is 0 Å². The van der Waals surface area contributed by atoms with Crippen molar-refractivity contribution < 1.29 is 79.1 Å². The number of alkyl halides is 8. The highest BCUT2D eigenvalue weighted by molar-refractivity contribution is 7.92. The van der Waals surface area contributed by atoms with Gasteiger partial charge in [-0.1, -0.05) is 35.3 Å². The number of carbonyl (C=O) groups excluding carboxylic acids is 2. The van der Waals surface area contributed by atoms with E-state index in [4.69, 9.17) is 33.2 Å². The molecule has 604 valence electrons. The third-order valence-electron chi connectivity index (χ3n) is 21.8. The van der Waals surface area contributed by atoms with Crippen LogP contribution in [0.25, 0.3) is 55.0 Å². The summed E-state index contributed by atoms with van der Waals surface area (Å²) in [5, 5.41) is 22.0. The van der Waals surface area contributed by atoms with E-state index in [1.807, 2.05) is 0 Å². The molecule has 116 heavy (non-hydrogen) atoms. The molecule has 0 spiro atoms. The van der Waals surface area contributed by atoms with Crippen molar-refractivity contribution in [3.63, 3.8) is 0 Å². The quantitative estimate of drug-likeness (QED) is 0.0459. The van der Waals surface area contributed by atoms with E-state index < -0.39 is 175 Å². The highest BCUT2D eigenvalue weighted by Gasteiger charge is 2.68. The zero-order chi connectivity index (χ0) is 82.3. The number of amides is 2. The Labute approximate surface area is 657 Å². The average molecular weight is 1690 g/mol. The minimum absolute atomic E-state index is 0.00319. The molecule has 6 aliphatic carbocycles. The molecule has 0 aliphatic heterocycles. The van der Waals surface area contributed by atoms with Gasteiger partial charge in [0.25, 0.3) is 35.8 Å². The van der Waals surface area contributed by atoms with Gasteiger partial charge in [0, 0.05) is 62.0 Å². The molecule has 2 amide bonds. The van der Waals surface area contributed by atoms with E-state index in [0.29, 0.717) is 21.5 Å². The third-order valence-corrected chi connectivity index (χ3v) is 23.5. The van der Waals surface area contributed by atoms with Crippen molar-refractivity contribution in [3.05, 3.63) is 219 Å². The highest BCUT2D eigenvalue weighted by Crippen LogP contribution is 2.69. The number of aromatic nitrogens is 12. The number of aryl methyl sites for hydroxylation is 2. The molecule has 12 aromatic rings. The molecule has 4 fully saturated rings. The number of halogens is 14. The lowest BCUT2D eigenvalue weighted by Crippen LogP contribution is -2.38. The van der Waals surface area contributed by atoms with Crippen LogP contribution in [0.5, 0.6) is 0 Å². The lowest BCUT2D eigenvalue weighted by Gasteiger charge is -2.24. The van der Waals surface area contributed by atoms with Crippen LogP contribution in [0.2, 0.25) is 10.0 Å². The number of nitrogens with zero attached hydrogens (tertiary/aromatic N) is 12. The summed E-state index contributed by atoms with van der Waals surface area (Å²) in [4.78, 5) is 67.5. The van der Waals surface area contributed by atoms with Gasteiger partial charge in [-0.25, -0.2) is 61.9 Å². The first kappa shape index (κ1) is 77.7. The molecular weight excluding hydrogens is 1630 g/mol. The second kappa shape index (κ2) is 27.9. The minimum atomic E-state index is -3.88. The predicted octanol–water partition coefficient (Wildman–Crippen LogP) is 13.8. The van der Waals surface area contributed by atoms with Gasteiger partial charge in [-0.2, -0.15) is 38.0 Å². The average Bonchev–Trinajstić information content (AvgIpc) is 1.52. The van der Waals surface area contributed by atoms with Crippen molar-refractivity contribution in [2.24, 2.45) is 25.9 Å². The van der Waals surface area contributed by atoms with Crippen LogP contribution in [0, 0.1) is 35.1 Å². The molecule has 24 nitrogen and oxygen atoms in total. The first-order chi connectivity index (χ1) is 54.8. The number of hydrogen-bond acceptors (Lipinski definition) is 14. The Kier molecular flexibility index (Phi) is 18.7. The van der Waals surface area contributed by atoms with Gasteiger partial charge in [-0.05, 0) is 157 Å². The second-order valence-electron chi connectivity index (χ2n) is 30.2. The first-order valence-electron chi connectivity index (χ1n) is 36.2. The van der Waals surface area contributed by atoms with Crippen LogP contribution in [0.3, 0.4) is 0 Å². The predicted molar refractivity (Wildman–Crippen MR) is 400 cm³/mol. The summed E-state index contributed by atoms with van der Waals surface area (Å²) in [6, 6.07) is 18.3. The largest absolute Gasteiger partial charge is 0.344 e. The standard InChI is InChI=1S/2C38H31ClF6N8O4S/c2*1-51-32-27(8-7-24(39)30(32)35(49-51)50-58(2,56)57)53-36(47-25-12-18(17-3-4-17)5-6-21(25)37(53)55)26(11-16-9-19(40)13-20(41)10-16)46-28(54)15-52-33-29(31(48-52)34(42)43)22-14-23(22)38(33,44)45/h2*5-10,12-13,17,22-23,26,34H,3-4,11,14-15H2,1-2H3,(H,46,54)(H,49,50)/t22-,23+,26?;22-,23+,26-/m00/s1. The molecule has 4 saturated carbocycles. The number of fused-ring (bicyclic) bond motifs is 10. The van der Waals surface area contributed by atoms with Gasteiger partial charge in [-0.3, -0.25) is 56.5 Å². The van der Waals surface area contributed by atoms with Gasteiger partial charge in [-0.15, -0.1) is 0 Å². The van der Waals surface area contributed by atoms with Crippen molar-refractivity contribution in [2.45, 2.75) is 125 Å². The van der Waals surface area contributed by atoms with Crippen molar-refractivity contribution in [2.75, 3.05) is 22.0 Å². The summed E-state index contributed by atoms with van der Waals surface area (Å²) in [5.41, 5.74) is -2.43. The summed E-state index contributed by atoms with van der Waals surface area (Å²) in [6.07, 6.45) is -1.69. The molecule has 18 rings (SSSR count). The van der Waals surface area contributed by atoms with Crippen LogP contribution in [0.15, 0.2) is 107 Å². The van der Waals surface area contributed by atoms with Crippen LogP contribution in [0.4, 0.5) is 64.3 Å². The van der Waals surface area contributed by atoms with Crippen molar-refractivity contribution >= 4 is 110 Å². The summed E-state index contributed by atoms with van der Waals surface area (Å²) in [7, 11) is -4.81. The molecule has 1 unspecified atom stereocenters. The zero-order valence-electron chi connectivity index (χ0n) is 60.8. The van der Waals surface area contributed by atoms with Gasteiger partial charge < -0.3 is 10.6 Å². The van der Waals surface area contributed by atoms with E-state index in [2.05, 4.69) is 40.5 Å². The Balaban J connectivity index is 0.000000167. The maximum absolute atomic E-state index is 15.4. The molecule has 0 bridgehead atoms. The highest BCUT2D eigenvalue weighted by atomic mass is 35.5. The Morgan fingerprint density at radius 1 is 0.526 bits per heavy atom. The molecule has 40 heteroatoms. The van der Waals surface area contributed by atoms with E-state index in [9.17, 15) is 71.1 Å². The van der Waals surface area contributed by atoms with E-state index in [-0.39, 0.29) is 135 Å². The van der Waals surface area contributed by atoms with Gasteiger partial charge in [0.2, 0.25) is 31.9 Å². The fraction of sp³-hybridized carbons (Fsp3) is 0.342. The van der Waals surface area contributed by atoms with Crippen LogP contribution in [0.1, 0.15) is 155 Å². The molecule has 6 aliphatic rings. The Morgan fingerprint density at radius 3 is 1.22 bits per heavy atom. The molecule has 0 saturated heterocycles. The molecule has 0 radical (unpaired) electrons. The lowest BCUT2D eigenvalue weighted by atomic mass is 10.0. The molecule has 6 aromatic heterocycles. The lowest BCUT2D eigenvalue weighted by molar-refractivity contribution is -0.123. The Morgan fingerprint density at radius 2 is 0.888 bits per heavy atom. The third kappa shape index (κ3) is 14.0. The van der Waals surface area contributed by atoms with Crippen LogP contribution >= 0.6 is 23.2 Å². The van der Waals surface area contributed by atoms with Crippen LogP contribution in [-0.4, -0.2) is 99.4 Å². The summed E-state index contributed by atoms with van der Waals surface area (Å²) in [5.74, 6) is -17.1. The number of anilines is 2. The molecular formula is C76H62Cl2F12N16O8S2. The first-order valence-corrected chi connectivity index (χ1v) is 40.8. The number of rotatable bonds is 22. The number of hydrogen-bond donors (Lipinski definition) is 4. The molecule has 6 atom stereocenters. The topological polar surface area (TPSA) is 292 Å². The summed E-state index contributed by atoms with van der Waals surface area (Å²) >= 11 is 13.2. The smallest absolute Gasteiger partial charge is 0.293 e. The van der Waals surface area contributed by atoms with E-state index in [0.717, 1.165) is 82.7 Å². The number of benzene rings is 6. The normalized spacial score (nSPS) is 18.8. The van der Waals surface area contributed by atoms with Gasteiger partial charge in [0.1, 0.15) is 70.8 Å². The molecule has 6 aromatic carbocycles. The molecule has 6 heterocycles. The fourth-order valence-corrected chi connectivity index (χ4v) is 18.0. The number of sulfonamides is 2. The maximum Gasteiger partial charge on any atom is 0.293 e. The van der Waals surface area contributed by atoms with E-state index in [1.165, 1.54) is 47.7 Å². The maximum atomic E-state index is 15.4. The van der Waals surface area contributed by atoms with Crippen LogP contribution < -0.4 is 31.2 Å². The van der Waals surface area contributed by atoms with Crippen molar-refractivity contribution in [1.82, 2.24) is 68.9 Å². The van der Waals surface area contributed by atoms with Crippen LogP contribution in [-0.2, 0) is 81.5 Å². The van der Waals surface area contributed by atoms with Crippen molar-refractivity contribution in [1.29, 1.82) is 0 Å². The number of nitrogens with one attached hydrogen (secondary N) is 4. The zero-order valence-corrected chi connectivity index (χ0v) is 64.0. The summed E-state index contributed by atoms with van der Waals surface area (Å²) < 4.78 is 236. The summed E-state index contributed by atoms with van der Waals surface area (Å²) in [6.45, 7) is -1.90.